The van der Waals surface area contributed by atoms with Crippen LogP contribution in [0.2, 0.25) is 0 Å². The Morgan fingerprint density at radius 1 is 1.29 bits per heavy atom. The van der Waals surface area contributed by atoms with E-state index in [1.165, 1.54) is 31.6 Å². The molecule has 0 saturated heterocycles. The lowest BCUT2D eigenvalue weighted by Gasteiger charge is -2.22. The van der Waals surface area contributed by atoms with E-state index in [4.69, 9.17) is 0 Å². The van der Waals surface area contributed by atoms with Gasteiger partial charge >= 0.3 is 10.2 Å². The van der Waals surface area contributed by atoms with Gasteiger partial charge in [0.15, 0.2) is 0 Å². The van der Waals surface area contributed by atoms with Crippen LogP contribution in [-0.4, -0.2) is 38.9 Å². The lowest BCUT2D eigenvalue weighted by molar-refractivity contribution is 0.519. The maximum absolute atomic E-state index is 11.7. The van der Waals surface area contributed by atoms with E-state index in [1.807, 2.05) is 0 Å². The summed E-state index contributed by atoms with van der Waals surface area (Å²) in [5.41, 5.74) is 0.543. The molecule has 1 rings (SSSR count). The summed E-state index contributed by atoms with van der Waals surface area (Å²) in [6.07, 6.45) is 3.10. The number of hydrogen-bond acceptors (Lipinski definition) is 3. The molecule has 6 heteroatoms. The molecule has 1 aromatic heterocycles. The van der Waals surface area contributed by atoms with Crippen LogP contribution in [0.25, 0.3) is 0 Å². The van der Waals surface area contributed by atoms with Crippen molar-refractivity contribution >= 4 is 15.9 Å². The molecule has 0 radical (unpaired) electrons. The quantitative estimate of drug-likeness (QED) is 0.730. The van der Waals surface area contributed by atoms with Crippen LogP contribution in [0.1, 0.15) is 0 Å². The highest BCUT2D eigenvalue weighted by molar-refractivity contribution is 7.90. The molecular formula is C8H13N3O2S. The maximum Gasteiger partial charge on any atom is 0.303 e. The predicted molar refractivity (Wildman–Crippen MR) is 55.2 cm³/mol. The second-order valence-corrected chi connectivity index (χ2v) is 5.14. The number of pyridine rings is 1. The molecule has 78 valence electrons. The zero-order valence-electron chi connectivity index (χ0n) is 8.38. The van der Waals surface area contributed by atoms with Crippen LogP contribution < -0.4 is 4.31 Å². The molecule has 0 N–H and O–H groups in total. The number of hydrogen-bond donors (Lipinski definition) is 0. The summed E-state index contributed by atoms with van der Waals surface area (Å²) in [5.74, 6) is 0. The Hall–Kier alpha value is -1.14. The summed E-state index contributed by atoms with van der Waals surface area (Å²) < 4.78 is 25.6. The van der Waals surface area contributed by atoms with Gasteiger partial charge in [-0.25, -0.2) is 0 Å². The van der Waals surface area contributed by atoms with Crippen molar-refractivity contribution in [3.8, 4) is 0 Å². The molecule has 0 aliphatic heterocycles. The van der Waals surface area contributed by atoms with E-state index in [2.05, 4.69) is 4.98 Å². The van der Waals surface area contributed by atoms with Gasteiger partial charge in [-0.3, -0.25) is 9.29 Å². The van der Waals surface area contributed by atoms with Crippen molar-refractivity contribution in [3.63, 3.8) is 0 Å². The molecule has 1 heterocycles. The minimum absolute atomic E-state index is 0.543. The third-order valence-corrected chi connectivity index (χ3v) is 3.64. The first-order chi connectivity index (χ1) is 6.46. The summed E-state index contributed by atoms with van der Waals surface area (Å²) in [5, 5.41) is 0. The van der Waals surface area contributed by atoms with E-state index in [9.17, 15) is 8.42 Å². The van der Waals surface area contributed by atoms with Gasteiger partial charge in [0.25, 0.3) is 0 Å². The van der Waals surface area contributed by atoms with Gasteiger partial charge in [0.05, 0.1) is 11.9 Å². The first-order valence-electron chi connectivity index (χ1n) is 4.02. The average Bonchev–Trinajstić information content (AvgIpc) is 2.17. The summed E-state index contributed by atoms with van der Waals surface area (Å²) >= 11 is 0. The van der Waals surface area contributed by atoms with Crippen LogP contribution in [0.3, 0.4) is 0 Å². The Morgan fingerprint density at radius 3 is 2.36 bits per heavy atom. The highest BCUT2D eigenvalue weighted by Gasteiger charge is 2.20. The van der Waals surface area contributed by atoms with Crippen LogP contribution in [-0.2, 0) is 10.2 Å². The third kappa shape index (κ3) is 2.02. The molecule has 5 nitrogen and oxygen atoms in total. The molecule has 14 heavy (non-hydrogen) atoms. The van der Waals surface area contributed by atoms with E-state index in [1.54, 1.807) is 18.3 Å². The summed E-state index contributed by atoms with van der Waals surface area (Å²) in [7, 11) is 1.07. The van der Waals surface area contributed by atoms with Gasteiger partial charge in [0.1, 0.15) is 0 Å². The zero-order chi connectivity index (χ0) is 10.8. The summed E-state index contributed by atoms with van der Waals surface area (Å²) in [6.45, 7) is 0. The van der Waals surface area contributed by atoms with Gasteiger partial charge < -0.3 is 0 Å². The second-order valence-electron chi connectivity index (χ2n) is 2.97. The summed E-state index contributed by atoms with van der Waals surface area (Å²) in [6, 6.07) is 3.38. The van der Waals surface area contributed by atoms with Gasteiger partial charge in [0, 0.05) is 27.3 Å². The van der Waals surface area contributed by atoms with Crippen molar-refractivity contribution in [2.45, 2.75) is 0 Å². The van der Waals surface area contributed by atoms with E-state index < -0.39 is 10.2 Å². The SMILES string of the molecule is CN(C)S(=O)(=O)N(C)c1cccnc1. The van der Waals surface area contributed by atoms with Crippen molar-refractivity contribution in [1.82, 2.24) is 9.29 Å². The third-order valence-electron chi connectivity index (χ3n) is 1.82. The molecule has 0 aliphatic carbocycles. The fourth-order valence-electron chi connectivity index (χ4n) is 0.918. The highest BCUT2D eigenvalue weighted by Crippen LogP contribution is 2.14. The van der Waals surface area contributed by atoms with Crippen LogP contribution >= 0.6 is 0 Å². The molecule has 1 aromatic rings. The lowest BCUT2D eigenvalue weighted by Crippen LogP contribution is -2.37. The molecule has 0 amide bonds. The standard InChI is InChI=1S/C8H13N3O2S/c1-10(2)14(12,13)11(3)8-5-4-6-9-7-8/h4-7H,1-3H3. The van der Waals surface area contributed by atoms with Crippen molar-refractivity contribution < 1.29 is 8.42 Å². The minimum Gasteiger partial charge on any atom is -0.263 e. The Balaban J connectivity index is 3.03. The van der Waals surface area contributed by atoms with Crippen molar-refractivity contribution in [1.29, 1.82) is 0 Å². The van der Waals surface area contributed by atoms with Crippen molar-refractivity contribution in [2.75, 3.05) is 25.4 Å². The van der Waals surface area contributed by atoms with Gasteiger partial charge in [-0.2, -0.15) is 12.7 Å². The van der Waals surface area contributed by atoms with E-state index in [0.717, 1.165) is 4.31 Å². The monoisotopic (exact) mass is 215 g/mol. The Morgan fingerprint density at radius 2 is 1.93 bits per heavy atom. The smallest absolute Gasteiger partial charge is 0.263 e. The maximum atomic E-state index is 11.7. The van der Waals surface area contributed by atoms with E-state index in [0.29, 0.717) is 5.69 Å². The number of rotatable bonds is 3. The first kappa shape index (κ1) is 10.9. The topological polar surface area (TPSA) is 53.5 Å². The van der Waals surface area contributed by atoms with Crippen LogP contribution in [0.15, 0.2) is 24.5 Å². The Bertz CT molecular complexity index is 388. The van der Waals surface area contributed by atoms with Crippen molar-refractivity contribution in [3.05, 3.63) is 24.5 Å². The van der Waals surface area contributed by atoms with Gasteiger partial charge in [-0.1, -0.05) is 0 Å². The highest BCUT2D eigenvalue weighted by atomic mass is 32.2. The number of aromatic nitrogens is 1. The minimum atomic E-state index is -3.40. The average molecular weight is 215 g/mol. The summed E-state index contributed by atoms with van der Waals surface area (Å²) in [4.78, 5) is 3.85. The fraction of sp³-hybridized carbons (Fsp3) is 0.375. The second kappa shape index (κ2) is 3.93. The molecule has 0 atom stereocenters. The molecule has 0 spiro atoms. The first-order valence-corrected chi connectivity index (χ1v) is 5.42. The normalized spacial score (nSPS) is 11.7. The zero-order valence-corrected chi connectivity index (χ0v) is 9.19. The number of anilines is 1. The van der Waals surface area contributed by atoms with Gasteiger partial charge in [-0.15, -0.1) is 0 Å². The molecule has 0 bridgehead atoms. The van der Waals surface area contributed by atoms with Gasteiger partial charge in [0.2, 0.25) is 0 Å². The van der Waals surface area contributed by atoms with Crippen LogP contribution in [0, 0.1) is 0 Å². The molecule has 0 aromatic carbocycles. The fourth-order valence-corrected chi connectivity index (χ4v) is 1.78. The van der Waals surface area contributed by atoms with Crippen molar-refractivity contribution in [2.24, 2.45) is 0 Å². The van der Waals surface area contributed by atoms with E-state index >= 15 is 0 Å². The van der Waals surface area contributed by atoms with Crippen LogP contribution in [0.4, 0.5) is 5.69 Å². The van der Waals surface area contributed by atoms with Gasteiger partial charge in [-0.05, 0) is 12.1 Å². The lowest BCUT2D eigenvalue weighted by atomic mass is 10.4. The van der Waals surface area contributed by atoms with Crippen LogP contribution in [0.5, 0.6) is 0 Å². The molecule has 0 saturated carbocycles. The Kier molecular flexibility index (Phi) is 3.07. The predicted octanol–water partition coefficient (Wildman–Crippen LogP) is 0.324. The van der Waals surface area contributed by atoms with E-state index in [-0.39, 0.29) is 0 Å². The largest absolute Gasteiger partial charge is 0.303 e. The molecule has 0 fully saturated rings. The Labute approximate surface area is 84.2 Å². The number of nitrogens with zero attached hydrogens (tertiary/aromatic N) is 3. The molecule has 0 aliphatic rings. The molecule has 0 unspecified atom stereocenters. The molecular weight excluding hydrogens is 202 g/mol.